The lowest BCUT2D eigenvalue weighted by atomic mass is 10.3. The fraction of sp³-hybridized carbons (Fsp3) is 0. The van der Waals surface area contributed by atoms with E-state index in [0.29, 0.717) is 5.69 Å². The molecule has 1 heterocycles. The maximum atomic E-state index is 11.7. The Bertz CT molecular complexity index is 615. The third-order valence-corrected chi connectivity index (χ3v) is 2.93. The van der Waals surface area contributed by atoms with Crippen molar-refractivity contribution in [3.8, 4) is 0 Å². The molecule has 0 unspecified atom stereocenters. The second-order valence-electron chi connectivity index (χ2n) is 3.12. The first-order chi connectivity index (χ1) is 8.56. The van der Waals surface area contributed by atoms with Crippen LogP contribution in [0.15, 0.2) is 24.3 Å². The SMILES string of the molecule is O=C(Nc1cccc([N+](=O)[O-])c1)c1nnc(Cl)s1. The van der Waals surface area contributed by atoms with Crippen molar-refractivity contribution in [2.75, 3.05) is 5.32 Å². The van der Waals surface area contributed by atoms with E-state index in [1.807, 2.05) is 0 Å². The molecule has 1 amide bonds. The van der Waals surface area contributed by atoms with Crippen LogP contribution in [-0.2, 0) is 0 Å². The Kier molecular flexibility index (Phi) is 3.49. The minimum absolute atomic E-state index is 0.0894. The zero-order valence-corrected chi connectivity index (χ0v) is 10.2. The summed E-state index contributed by atoms with van der Waals surface area (Å²) in [5, 5.41) is 20.2. The Morgan fingerprint density at radius 3 is 2.83 bits per heavy atom. The molecular formula is C9H5ClN4O3S. The van der Waals surface area contributed by atoms with Gasteiger partial charge in [-0.1, -0.05) is 17.4 Å². The number of nitro groups is 1. The normalized spacial score (nSPS) is 10.1. The summed E-state index contributed by atoms with van der Waals surface area (Å²) in [6.45, 7) is 0. The van der Waals surface area contributed by atoms with Crippen LogP contribution in [0, 0.1) is 10.1 Å². The smallest absolute Gasteiger partial charge is 0.286 e. The summed E-state index contributed by atoms with van der Waals surface area (Å²) in [5.74, 6) is -0.514. The van der Waals surface area contributed by atoms with Gasteiger partial charge in [0, 0.05) is 17.8 Å². The van der Waals surface area contributed by atoms with Crippen LogP contribution in [0.25, 0.3) is 0 Å². The molecule has 0 aliphatic rings. The van der Waals surface area contributed by atoms with Crippen LogP contribution in [0.5, 0.6) is 0 Å². The fourth-order valence-corrected chi connectivity index (χ4v) is 1.90. The Morgan fingerprint density at radius 1 is 1.44 bits per heavy atom. The highest BCUT2D eigenvalue weighted by Crippen LogP contribution is 2.19. The number of hydrogen-bond acceptors (Lipinski definition) is 6. The third-order valence-electron chi connectivity index (χ3n) is 1.91. The Labute approximate surface area is 110 Å². The van der Waals surface area contributed by atoms with E-state index < -0.39 is 10.8 Å². The predicted molar refractivity (Wildman–Crippen MR) is 66.0 cm³/mol. The highest BCUT2D eigenvalue weighted by atomic mass is 35.5. The number of anilines is 1. The number of rotatable bonds is 3. The van der Waals surface area contributed by atoms with Crippen LogP contribution in [0.3, 0.4) is 0 Å². The zero-order valence-electron chi connectivity index (χ0n) is 8.66. The molecule has 0 atom stereocenters. The maximum absolute atomic E-state index is 11.7. The number of halogens is 1. The Hall–Kier alpha value is -2.06. The molecule has 7 nitrogen and oxygen atoms in total. The van der Waals surface area contributed by atoms with Crippen molar-refractivity contribution in [2.45, 2.75) is 0 Å². The molecule has 2 rings (SSSR count). The lowest BCUT2D eigenvalue weighted by molar-refractivity contribution is -0.384. The van der Waals surface area contributed by atoms with E-state index >= 15 is 0 Å². The van der Waals surface area contributed by atoms with E-state index in [9.17, 15) is 14.9 Å². The van der Waals surface area contributed by atoms with Gasteiger partial charge < -0.3 is 5.32 Å². The topological polar surface area (TPSA) is 98.0 Å². The summed E-state index contributed by atoms with van der Waals surface area (Å²) in [6, 6.07) is 5.59. The number of benzene rings is 1. The largest absolute Gasteiger partial charge is 0.320 e. The molecule has 1 N–H and O–H groups in total. The number of nitro benzene ring substituents is 1. The molecule has 0 aliphatic carbocycles. The van der Waals surface area contributed by atoms with Crippen LogP contribution >= 0.6 is 22.9 Å². The van der Waals surface area contributed by atoms with Crippen molar-refractivity contribution in [2.24, 2.45) is 0 Å². The van der Waals surface area contributed by atoms with Crippen LogP contribution in [0.1, 0.15) is 9.80 Å². The van der Waals surface area contributed by atoms with Crippen molar-refractivity contribution in [1.29, 1.82) is 0 Å². The van der Waals surface area contributed by atoms with Gasteiger partial charge in [0.15, 0.2) is 0 Å². The molecule has 0 saturated carbocycles. The summed E-state index contributed by atoms with van der Waals surface area (Å²) >= 11 is 6.47. The van der Waals surface area contributed by atoms with Crippen LogP contribution in [0.2, 0.25) is 4.47 Å². The van der Waals surface area contributed by atoms with E-state index in [0.717, 1.165) is 11.3 Å². The minimum atomic E-state index is -0.544. The zero-order chi connectivity index (χ0) is 13.1. The monoisotopic (exact) mass is 284 g/mol. The summed E-state index contributed by atoms with van der Waals surface area (Å²) in [4.78, 5) is 21.7. The summed E-state index contributed by atoms with van der Waals surface area (Å²) in [5.41, 5.74) is 0.198. The number of nitrogens with one attached hydrogen (secondary N) is 1. The van der Waals surface area contributed by atoms with Gasteiger partial charge >= 0.3 is 0 Å². The molecular weight excluding hydrogens is 280 g/mol. The van der Waals surface area contributed by atoms with Crippen LogP contribution in [-0.4, -0.2) is 21.0 Å². The minimum Gasteiger partial charge on any atom is -0.320 e. The summed E-state index contributed by atoms with van der Waals surface area (Å²) in [7, 11) is 0. The highest BCUT2D eigenvalue weighted by molar-refractivity contribution is 7.17. The molecule has 0 bridgehead atoms. The summed E-state index contributed by atoms with van der Waals surface area (Å²) < 4.78 is 0.152. The number of aromatic nitrogens is 2. The van der Waals surface area contributed by atoms with Crippen molar-refractivity contribution in [1.82, 2.24) is 10.2 Å². The number of amides is 1. The van der Waals surface area contributed by atoms with Gasteiger partial charge in [-0.3, -0.25) is 14.9 Å². The van der Waals surface area contributed by atoms with Gasteiger partial charge in [0.05, 0.1) is 4.92 Å². The van der Waals surface area contributed by atoms with E-state index in [4.69, 9.17) is 11.6 Å². The number of carbonyl (C=O) groups is 1. The van der Waals surface area contributed by atoms with E-state index in [1.54, 1.807) is 0 Å². The third kappa shape index (κ3) is 2.79. The van der Waals surface area contributed by atoms with E-state index in [1.165, 1.54) is 24.3 Å². The molecule has 0 saturated heterocycles. The Balaban J connectivity index is 2.16. The number of carbonyl (C=O) groups excluding carboxylic acids is 1. The number of hydrogen-bond donors (Lipinski definition) is 1. The molecule has 18 heavy (non-hydrogen) atoms. The molecule has 1 aromatic heterocycles. The molecule has 2 aromatic rings. The van der Waals surface area contributed by atoms with Gasteiger partial charge in [-0.15, -0.1) is 10.2 Å². The molecule has 1 aromatic carbocycles. The van der Waals surface area contributed by atoms with E-state index in [2.05, 4.69) is 15.5 Å². The lowest BCUT2D eigenvalue weighted by Crippen LogP contribution is -2.11. The molecule has 0 aliphatic heterocycles. The highest BCUT2D eigenvalue weighted by Gasteiger charge is 2.13. The molecule has 0 spiro atoms. The maximum Gasteiger partial charge on any atom is 0.286 e. The first-order valence-electron chi connectivity index (χ1n) is 4.61. The first kappa shape index (κ1) is 12.4. The van der Waals surface area contributed by atoms with Gasteiger partial charge in [0.25, 0.3) is 11.6 Å². The molecule has 9 heteroatoms. The predicted octanol–water partition coefficient (Wildman–Crippen LogP) is 2.35. The average Bonchev–Trinajstić information content (AvgIpc) is 2.76. The van der Waals surface area contributed by atoms with Gasteiger partial charge in [-0.05, 0) is 17.7 Å². The van der Waals surface area contributed by atoms with Crippen molar-refractivity contribution in [3.63, 3.8) is 0 Å². The van der Waals surface area contributed by atoms with Crippen LogP contribution < -0.4 is 5.32 Å². The van der Waals surface area contributed by atoms with Crippen LogP contribution in [0.4, 0.5) is 11.4 Å². The van der Waals surface area contributed by atoms with Gasteiger partial charge in [0.2, 0.25) is 9.47 Å². The molecule has 0 fully saturated rings. The quantitative estimate of drug-likeness (QED) is 0.689. The average molecular weight is 285 g/mol. The lowest BCUT2D eigenvalue weighted by Gasteiger charge is -2.01. The first-order valence-corrected chi connectivity index (χ1v) is 5.80. The van der Waals surface area contributed by atoms with Crippen molar-refractivity contribution in [3.05, 3.63) is 43.9 Å². The number of nitrogens with zero attached hydrogens (tertiary/aromatic N) is 3. The number of non-ortho nitro benzene ring substituents is 1. The van der Waals surface area contributed by atoms with Crippen molar-refractivity contribution < 1.29 is 9.72 Å². The second kappa shape index (κ2) is 5.07. The van der Waals surface area contributed by atoms with E-state index in [-0.39, 0.29) is 15.2 Å². The molecule has 92 valence electrons. The standard InChI is InChI=1S/C9H5ClN4O3S/c10-9-13-12-8(18-9)7(15)11-5-2-1-3-6(4-5)14(16)17/h1-4H,(H,11,15). The van der Waals surface area contributed by atoms with Gasteiger partial charge in [-0.25, -0.2) is 0 Å². The Morgan fingerprint density at radius 2 is 2.22 bits per heavy atom. The van der Waals surface area contributed by atoms with Gasteiger partial charge in [0.1, 0.15) is 0 Å². The van der Waals surface area contributed by atoms with Gasteiger partial charge in [-0.2, -0.15) is 0 Å². The summed E-state index contributed by atoms with van der Waals surface area (Å²) in [6.07, 6.45) is 0. The molecule has 0 radical (unpaired) electrons. The van der Waals surface area contributed by atoms with Crippen molar-refractivity contribution >= 4 is 40.2 Å². The fourth-order valence-electron chi connectivity index (χ4n) is 1.18. The second-order valence-corrected chi connectivity index (χ2v) is 4.68.